The van der Waals surface area contributed by atoms with Crippen molar-refractivity contribution in [3.8, 4) is 0 Å². The molecule has 39 heavy (non-hydrogen) atoms. The van der Waals surface area contributed by atoms with Crippen LogP contribution < -0.4 is 15.5 Å². The van der Waals surface area contributed by atoms with E-state index in [1.54, 1.807) is 53.6 Å². The van der Waals surface area contributed by atoms with E-state index in [0.717, 1.165) is 9.34 Å². The summed E-state index contributed by atoms with van der Waals surface area (Å²) in [4.78, 5) is 47.2. The average Bonchev–Trinajstić information content (AvgIpc) is 3.58. The van der Waals surface area contributed by atoms with Crippen molar-refractivity contribution in [2.24, 2.45) is 0 Å². The van der Waals surface area contributed by atoms with Crippen LogP contribution in [0, 0.1) is 0 Å². The first-order chi connectivity index (χ1) is 18.9. The molecule has 0 bridgehead atoms. The fourth-order valence-electron chi connectivity index (χ4n) is 4.34. The van der Waals surface area contributed by atoms with Gasteiger partial charge in [0.2, 0.25) is 11.8 Å². The Morgan fingerprint density at radius 2 is 1.85 bits per heavy atom. The summed E-state index contributed by atoms with van der Waals surface area (Å²) in [5.41, 5.74) is 1.12. The monoisotopic (exact) mass is 585 g/mol. The van der Waals surface area contributed by atoms with E-state index in [1.165, 1.54) is 11.3 Å². The molecule has 1 aliphatic rings. The molecule has 3 aromatic heterocycles. The Hall–Kier alpha value is -3.60. The highest BCUT2D eigenvalue weighted by Crippen LogP contribution is 2.30. The van der Waals surface area contributed by atoms with Crippen molar-refractivity contribution in [1.29, 1.82) is 0 Å². The lowest BCUT2D eigenvalue weighted by molar-refractivity contribution is -0.133. The number of nitrogens with zero attached hydrogens (tertiary/aromatic N) is 3. The summed E-state index contributed by atoms with van der Waals surface area (Å²) in [5.74, 6) is -1.20. The molecule has 202 valence electrons. The molecule has 1 fully saturated rings. The number of hydrogen-bond donors (Lipinski definition) is 2. The molecule has 0 aliphatic carbocycles. The number of amides is 3. The second-order valence-electron chi connectivity index (χ2n) is 9.01. The van der Waals surface area contributed by atoms with Gasteiger partial charge in [-0.05, 0) is 48.5 Å². The lowest BCUT2D eigenvalue weighted by Gasteiger charge is -2.35. The first-order valence-corrected chi connectivity index (χ1v) is 13.9. The number of carbonyl (C=O) groups excluding carboxylic acids is 3. The minimum atomic E-state index is -0.975. The summed E-state index contributed by atoms with van der Waals surface area (Å²) in [6, 6.07) is 14.8. The summed E-state index contributed by atoms with van der Waals surface area (Å²) < 4.78 is 6.37. The third-order valence-corrected chi connectivity index (χ3v) is 7.91. The molecule has 1 atom stereocenters. The minimum absolute atomic E-state index is 0.0482. The van der Waals surface area contributed by atoms with Crippen molar-refractivity contribution in [1.82, 2.24) is 20.5 Å². The Labute approximate surface area is 238 Å². The number of rotatable bonds is 8. The molecule has 1 saturated heterocycles. The molecular weight excluding hydrogens is 561 g/mol. The molecule has 12 heteroatoms. The molecule has 5 rings (SSSR count). The van der Waals surface area contributed by atoms with E-state index >= 15 is 0 Å². The van der Waals surface area contributed by atoms with Crippen molar-refractivity contribution in [3.05, 3.63) is 81.6 Å². The van der Waals surface area contributed by atoms with Crippen LogP contribution >= 0.6 is 34.5 Å². The highest BCUT2D eigenvalue weighted by atomic mass is 35.5. The van der Waals surface area contributed by atoms with Gasteiger partial charge in [-0.3, -0.25) is 19.4 Å². The summed E-state index contributed by atoms with van der Waals surface area (Å²) in [6.45, 7) is 2.25. The van der Waals surface area contributed by atoms with Crippen LogP contribution in [0.5, 0.6) is 0 Å². The molecule has 0 unspecified atom stereocenters. The maximum absolute atomic E-state index is 13.2. The lowest BCUT2D eigenvalue weighted by atomic mass is 10.1. The quantitative estimate of drug-likeness (QED) is 0.323. The van der Waals surface area contributed by atoms with Crippen LogP contribution in [0.4, 0.5) is 5.00 Å². The largest absolute Gasteiger partial charge is 0.451 e. The number of piperazine rings is 1. The van der Waals surface area contributed by atoms with Crippen molar-refractivity contribution < 1.29 is 18.8 Å². The van der Waals surface area contributed by atoms with Crippen molar-refractivity contribution in [3.63, 3.8) is 0 Å². The van der Waals surface area contributed by atoms with Crippen molar-refractivity contribution >= 4 is 68.2 Å². The van der Waals surface area contributed by atoms with Crippen LogP contribution in [0.2, 0.25) is 9.36 Å². The second kappa shape index (κ2) is 12.1. The highest BCUT2D eigenvalue weighted by Gasteiger charge is 2.27. The average molecular weight is 587 g/mol. The van der Waals surface area contributed by atoms with Gasteiger partial charge >= 0.3 is 0 Å². The number of nitrogens with one attached hydrogen (secondary N) is 2. The van der Waals surface area contributed by atoms with E-state index in [2.05, 4.69) is 20.5 Å². The van der Waals surface area contributed by atoms with Gasteiger partial charge in [0.15, 0.2) is 5.76 Å². The summed E-state index contributed by atoms with van der Waals surface area (Å²) in [5, 5.41) is 7.68. The zero-order valence-electron chi connectivity index (χ0n) is 20.7. The fraction of sp³-hybridized carbons (Fsp3) is 0.259. The van der Waals surface area contributed by atoms with E-state index in [4.69, 9.17) is 27.6 Å². The van der Waals surface area contributed by atoms with Crippen molar-refractivity contribution in [2.75, 3.05) is 37.6 Å². The predicted molar refractivity (Wildman–Crippen MR) is 152 cm³/mol. The van der Waals surface area contributed by atoms with Crippen LogP contribution in [-0.2, 0) is 16.0 Å². The summed E-state index contributed by atoms with van der Waals surface area (Å²) in [6.07, 6.45) is 1.75. The molecule has 1 aromatic carbocycles. The minimum Gasteiger partial charge on any atom is -0.451 e. The number of fused-ring (bicyclic) bond motifs is 1. The maximum Gasteiger partial charge on any atom is 0.287 e. The standard InChI is InChI=1S/C27H25Cl2N5O4S/c28-18-4-5-21-17(13-18)14-22(38-21)27(37)32-20(15-19-3-1-2-8-30-19)26(36)31-16-24(35)33-9-11-34(12-10-33)25-7-6-23(29)39-25/h1-8,13-14,20H,9-12,15-16H2,(H,31,36)(H,32,37)/t20-/m0/s1. The Morgan fingerprint density at radius 1 is 1.03 bits per heavy atom. The molecular formula is C27H25Cl2N5O4S. The molecule has 3 amide bonds. The van der Waals surface area contributed by atoms with Gasteiger partial charge in [-0.2, -0.15) is 0 Å². The molecule has 2 N–H and O–H groups in total. The van der Waals surface area contributed by atoms with Crippen LogP contribution in [0.1, 0.15) is 16.2 Å². The van der Waals surface area contributed by atoms with Crippen LogP contribution in [0.25, 0.3) is 11.0 Å². The topological polar surface area (TPSA) is 108 Å². The molecule has 0 saturated carbocycles. The Kier molecular flexibility index (Phi) is 8.35. The SMILES string of the molecule is O=C(N[C@@H](Cc1ccccn1)C(=O)NCC(=O)N1CCN(c2ccc(Cl)s2)CC1)c1cc2cc(Cl)ccc2o1. The van der Waals surface area contributed by atoms with E-state index in [0.29, 0.717) is 47.9 Å². The Bertz CT molecular complexity index is 1480. The van der Waals surface area contributed by atoms with E-state index < -0.39 is 17.9 Å². The molecule has 4 heterocycles. The molecule has 9 nitrogen and oxygen atoms in total. The summed E-state index contributed by atoms with van der Waals surface area (Å²) in [7, 11) is 0. The van der Waals surface area contributed by atoms with Gasteiger partial charge in [-0.25, -0.2) is 0 Å². The van der Waals surface area contributed by atoms with Gasteiger partial charge in [0.25, 0.3) is 5.91 Å². The fourth-order valence-corrected chi connectivity index (χ4v) is 5.61. The van der Waals surface area contributed by atoms with Crippen molar-refractivity contribution in [2.45, 2.75) is 12.5 Å². The Morgan fingerprint density at radius 3 is 2.56 bits per heavy atom. The number of hydrogen-bond acceptors (Lipinski definition) is 7. The normalized spacial score (nSPS) is 14.3. The Balaban J connectivity index is 1.20. The highest BCUT2D eigenvalue weighted by molar-refractivity contribution is 7.19. The lowest BCUT2D eigenvalue weighted by Crippen LogP contribution is -2.53. The van der Waals surface area contributed by atoms with Crippen LogP contribution in [-0.4, -0.2) is 66.4 Å². The predicted octanol–water partition coefficient (Wildman–Crippen LogP) is 4.00. The number of halogens is 2. The third-order valence-electron chi connectivity index (χ3n) is 6.38. The van der Waals surface area contributed by atoms with Crippen LogP contribution in [0.3, 0.4) is 0 Å². The molecule has 1 aliphatic heterocycles. The zero-order chi connectivity index (χ0) is 27.4. The van der Waals surface area contributed by atoms with Gasteiger partial charge in [-0.15, -0.1) is 11.3 Å². The van der Waals surface area contributed by atoms with E-state index in [1.807, 2.05) is 12.1 Å². The van der Waals surface area contributed by atoms with Crippen LogP contribution in [0.15, 0.2) is 65.2 Å². The molecule has 4 aromatic rings. The maximum atomic E-state index is 13.2. The summed E-state index contributed by atoms with van der Waals surface area (Å²) >= 11 is 13.6. The van der Waals surface area contributed by atoms with E-state index in [-0.39, 0.29) is 24.6 Å². The zero-order valence-corrected chi connectivity index (χ0v) is 23.1. The molecule has 0 spiro atoms. The first-order valence-electron chi connectivity index (χ1n) is 12.3. The first kappa shape index (κ1) is 27.0. The van der Waals surface area contributed by atoms with Gasteiger partial charge in [0.05, 0.1) is 15.9 Å². The second-order valence-corrected chi connectivity index (χ2v) is 11.1. The van der Waals surface area contributed by atoms with Gasteiger partial charge in [-0.1, -0.05) is 29.3 Å². The number of carbonyl (C=O) groups is 3. The number of benzene rings is 1. The van der Waals surface area contributed by atoms with Gasteiger partial charge in [0.1, 0.15) is 11.6 Å². The number of aromatic nitrogens is 1. The van der Waals surface area contributed by atoms with Gasteiger partial charge in [0, 0.05) is 54.9 Å². The number of pyridine rings is 1. The third kappa shape index (κ3) is 6.70. The molecule has 0 radical (unpaired) electrons. The number of thiophene rings is 1. The number of anilines is 1. The van der Waals surface area contributed by atoms with E-state index in [9.17, 15) is 14.4 Å². The van der Waals surface area contributed by atoms with Gasteiger partial charge < -0.3 is 24.9 Å². The smallest absolute Gasteiger partial charge is 0.287 e. The number of furan rings is 1.